The molecule has 0 atom stereocenters. The number of thioether (sulfide) groups is 1. The molecule has 0 aliphatic rings. The van der Waals surface area contributed by atoms with Crippen LogP contribution in [0.25, 0.3) is 0 Å². The van der Waals surface area contributed by atoms with Gasteiger partial charge in [-0.15, -0.1) is 16.8 Å². The van der Waals surface area contributed by atoms with Gasteiger partial charge in [-0.25, -0.2) is 0 Å². The van der Waals surface area contributed by atoms with Crippen molar-refractivity contribution in [2.75, 3.05) is 11.1 Å². The highest BCUT2D eigenvalue weighted by Crippen LogP contribution is 2.26. The molecule has 10 heteroatoms. The van der Waals surface area contributed by atoms with Crippen LogP contribution in [0.1, 0.15) is 32.2 Å². The largest absolute Gasteiger partial charge is 0.486 e. The zero-order valence-electron chi connectivity index (χ0n) is 19.4. The van der Waals surface area contributed by atoms with Gasteiger partial charge >= 0.3 is 0 Å². The van der Waals surface area contributed by atoms with Crippen LogP contribution in [0.3, 0.4) is 0 Å². The zero-order chi connectivity index (χ0) is 24.7. The minimum Gasteiger partial charge on any atom is -0.486 e. The van der Waals surface area contributed by atoms with Gasteiger partial charge in [-0.05, 0) is 29.2 Å². The minimum atomic E-state index is -0.535. The summed E-state index contributed by atoms with van der Waals surface area (Å²) in [5.41, 5.74) is 1.27. The standard InChI is InChI=1S/C24H27N5O4S/c1-5-14-28-21(15-33-18-12-10-17(11-13-18)24(2,3)4)26-27-23(28)34-16-22(30)25-19-8-6-7-9-20(19)29(31)32/h5-13H,1,14-16H2,2-4H3,(H,25,30). The van der Waals surface area contributed by atoms with E-state index in [0.717, 1.165) is 5.75 Å². The Labute approximate surface area is 202 Å². The second-order valence-corrected chi connectivity index (χ2v) is 9.41. The van der Waals surface area contributed by atoms with E-state index < -0.39 is 4.92 Å². The number of rotatable bonds is 10. The summed E-state index contributed by atoms with van der Waals surface area (Å²) < 4.78 is 7.71. The second kappa shape index (κ2) is 11.0. The maximum absolute atomic E-state index is 12.4. The number of nitrogens with zero attached hydrogens (tertiary/aromatic N) is 4. The highest BCUT2D eigenvalue weighted by atomic mass is 32.2. The highest BCUT2D eigenvalue weighted by Gasteiger charge is 2.18. The Morgan fingerprint density at radius 3 is 2.56 bits per heavy atom. The fourth-order valence-electron chi connectivity index (χ4n) is 3.10. The third kappa shape index (κ3) is 6.44. The Morgan fingerprint density at radius 1 is 1.21 bits per heavy atom. The fraction of sp³-hybridized carbons (Fsp3) is 0.292. The summed E-state index contributed by atoms with van der Waals surface area (Å²) in [6, 6.07) is 13.9. The van der Waals surface area contributed by atoms with Crippen LogP contribution >= 0.6 is 11.8 Å². The van der Waals surface area contributed by atoms with E-state index in [9.17, 15) is 14.9 Å². The van der Waals surface area contributed by atoms with Gasteiger partial charge < -0.3 is 10.1 Å². The van der Waals surface area contributed by atoms with Gasteiger partial charge in [0.15, 0.2) is 11.0 Å². The lowest BCUT2D eigenvalue weighted by atomic mass is 9.87. The van der Waals surface area contributed by atoms with Crippen molar-refractivity contribution < 1.29 is 14.5 Å². The van der Waals surface area contributed by atoms with Crippen LogP contribution in [-0.2, 0) is 23.4 Å². The molecule has 3 aromatic rings. The van der Waals surface area contributed by atoms with Crippen LogP contribution in [0.15, 0.2) is 66.3 Å². The van der Waals surface area contributed by atoms with Crippen molar-refractivity contribution in [3.8, 4) is 5.75 Å². The first-order valence-corrected chi connectivity index (χ1v) is 11.6. The number of aromatic nitrogens is 3. The number of carbonyl (C=O) groups excluding carboxylic acids is 1. The summed E-state index contributed by atoms with van der Waals surface area (Å²) in [5.74, 6) is 0.945. The Hall–Kier alpha value is -3.66. The van der Waals surface area contributed by atoms with Gasteiger partial charge in [-0.3, -0.25) is 19.5 Å². The predicted octanol–water partition coefficient (Wildman–Crippen LogP) is 4.98. The molecular formula is C24H27N5O4S. The molecule has 2 aromatic carbocycles. The Balaban J connectivity index is 1.63. The highest BCUT2D eigenvalue weighted by molar-refractivity contribution is 7.99. The molecule has 0 saturated carbocycles. The van der Waals surface area contributed by atoms with Crippen LogP contribution in [-0.4, -0.2) is 31.3 Å². The number of benzene rings is 2. The van der Waals surface area contributed by atoms with Crippen LogP contribution in [0.4, 0.5) is 11.4 Å². The minimum absolute atomic E-state index is 0.0104. The lowest BCUT2D eigenvalue weighted by Crippen LogP contribution is -2.16. The smallest absolute Gasteiger partial charge is 0.292 e. The van der Waals surface area contributed by atoms with Gasteiger partial charge in [0.2, 0.25) is 5.91 Å². The van der Waals surface area contributed by atoms with Crippen LogP contribution < -0.4 is 10.1 Å². The first-order chi connectivity index (χ1) is 16.2. The molecule has 0 aliphatic heterocycles. The third-order valence-electron chi connectivity index (χ3n) is 4.90. The summed E-state index contributed by atoms with van der Waals surface area (Å²) in [4.78, 5) is 23.0. The lowest BCUT2D eigenvalue weighted by Gasteiger charge is -2.19. The van der Waals surface area contributed by atoms with Crippen LogP contribution in [0, 0.1) is 10.1 Å². The van der Waals surface area contributed by atoms with Gasteiger partial charge in [0, 0.05) is 12.6 Å². The maximum atomic E-state index is 12.4. The molecule has 1 heterocycles. The van der Waals surface area contributed by atoms with E-state index in [1.165, 1.54) is 29.5 Å². The molecule has 0 fully saturated rings. The van der Waals surface area contributed by atoms with Crippen molar-refractivity contribution >= 4 is 29.0 Å². The Morgan fingerprint density at radius 2 is 1.91 bits per heavy atom. The lowest BCUT2D eigenvalue weighted by molar-refractivity contribution is -0.383. The number of hydrogen-bond acceptors (Lipinski definition) is 7. The summed E-state index contributed by atoms with van der Waals surface area (Å²) in [5, 5.41) is 22.6. The number of anilines is 1. The maximum Gasteiger partial charge on any atom is 0.292 e. The molecule has 1 aromatic heterocycles. The number of nitro groups is 1. The first kappa shape index (κ1) is 25.0. The van der Waals surface area contributed by atoms with E-state index in [1.807, 2.05) is 28.8 Å². The number of para-hydroxylation sites is 2. The molecule has 34 heavy (non-hydrogen) atoms. The van der Waals surface area contributed by atoms with E-state index in [4.69, 9.17) is 4.74 Å². The monoisotopic (exact) mass is 481 g/mol. The van der Waals surface area contributed by atoms with Crippen molar-refractivity contribution in [2.24, 2.45) is 0 Å². The quantitative estimate of drug-likeness (QED) is 0.188. The number of allylic oxidation sites excluding steroid dienone is 1. The van der Waals surface area contributed by atoms with Gasteiger partial charge in [0.05, 0.1) is 10.7 Å². The average molecular weight is 482 g/mol. The van der Waals surface area contributed by atoms with Gasteiger partial charge in [-0.1, -0.05) is 62.9 Å². The summed E-state index contributed by atoms with van der Waals surface area (Å²) in [6.07, 6.45) is 1.71. The van der Waals surface area contributed by atoms with Crippen LogP contribution in [0.5, 0.6) is 5.75 Å². The molecular weight excluding hydrogens is 454 g/mol. The Bertz CT molecular complexity index is 1170. The number of hydrogen-bond donors (Lipinski definition) is 1. The molecule has 3 rings (SSSR count). The van der Waals surface area contributed by atoms with Gasteiger partial charge in [-0.2, -0.15) is 0 Å². The third-order valence-corrected chi connectivity index (χ3v) is 5.87. The fourth-order valence-corrected chi connectivity index (χ4v) is 3.87. The second-order valence-electron chi connectivity index (χ2n) is 8.47. The number of nitro benzene ring substituents is 1. The first-order valence-electron chi connectivity index (χ1n) is 10.6. The normalized spacial score (nSPS) is 11.1. The molecule has 0 radical (unpaired) electrons. The van der Waals surface area contributed by atoms with Gasteiger partial charge in [0.25, 0.3) is 5.69 Å². The van der Waals surface area contributed by atoms with Crippen molar-refractivity contribution in [3.05, 3.63) is 82.7 Å². The molecule has 0 aliphatic carbocycles. The van der Waals surface area contributed by atoms with E-state index in [1.54, 1.807) is 18.2 Å². The van der Waals surface area contributed by atoms with Crippen molar-refractivity contribution in [1.82, 2.24) is 14.8 Å². The predicted molar refractivity (Wildman–Crippen MR) is 132 cm³/mol. The zero-order valence-corrected chi connectivity index (χ0v) is 20.2. The topological polar surface area (TPSA) is 112 Å². The molecule has 9 nitrogen and oxygen atoms in total. The summed E-state index contributed by atoms with van der Waals surface area (Å²) in [7, 11) is 0. The average Bonchev–Trinajstić information content (AvgIpc) is 3.18. The molecule has 0 saturated heterocycles. The SMILES string of the molecule is C=CCn1c(COc2ccc(C(C)(C)C)cc2)nnc1SCC(=O)Nc1ccccc1[N+](=O)[O-]. The summed E-state index contributed by atoms with van der Waals surface area (Å²) in [6.45, 7) is 10.9. The Kier molecular flexibility index (Phi) is 8.06. The molecule has 0 spiro atoms. The van der Waals surface area contributed by atoms with Crippen molar-refractivity contribution in [1.29, 1.82) is 0 Å². The molecule has 178 valence electrons. The van der Waals surface area contributed by atoms with Crippen molar-refractivity contribution in [3.63, 3.8) is 0 Å². The van der Waals surface area contributed by atoms with E-state index in [0.29, 0.717) is 17.5 Å². The number of carbonyl (C=O) groups is 1. The van der Waals surface area contributed by atoms with E-state index in [-0.39, 0.29) is 35.1 Å². The summed E-state index contributed by atoms with van der Waals surface area (Å²) >= 11 is 1.18. The molecule has 0 unspecified atom stereocenters. The molecule has 1 amide bonds. The van der Waals surface area contributed by atoms with Crippen LogP contribution in [0.2, 0.25) is 0 Å². The number of nitrogens with one attached hydrogen (secondary N) is 1. The molecule has 0 bridgehead atoms. The number of amides is 1. The van der Waals surface area contributed by atoms with Crippen molar-refractivity contribution in [2.45, 2.75) is 44.5 Å². The number of ether oxygens (including phenoxy) is 1. The van der Waals surface area contributed by atoms with E-state index >= 15 is 0 Å². The molecule has 1 N–H and O–H groups in total. The van der Waals surface area contributed by atoms with E-state index in [2.05, 4.69) is 42.9 Å². The van der Waals surface area contributed by atoms with Gasteiger partial charge in [0.1, 0.15) is 18.0 Å².